The number of rotatable bonds is 7. The number of hydrogen-bond donors (Lipinski definition) is 1. The maximum absolute atomic E-state index is 6.23. The second-order valence-electron chi connectivity index (χ2n) is 8.27. The maximum atomic E-state index is 6.23. The van der Waals surface area contributed by atoms with Crippen LogP contribution in [0.5, 0.6) is 0 Å². The molecule has 0 amide bonds. The van der Waals surface area contributed by atoms with Crippen molar-refractivity contribution in [3.05, 3.63) is 0 Å². The van der Waals surface area contributed by atoms with E-state index in [2.05, 4.69) is 53.0 Å². The molecule has 1 atom stereocenters. The zero-order chi connectivity index (χ0) is 15.4. The lowest BCUT2D eigenvalue weighted by molar-refractivity contribution is -0.0248. The number of ether oxygens (including phenoxy) is 1. The van der Waals surface area contributed by atoms with Crippen molar-refractivity contribution in [3.8, 4) is 0 Å². The molecule has 0 spiro atoms. The lowest BCUT2D eigenvalue weighted by Gasteiger charge is -2.39. The summed E-state index contributed by atoms with van der Waals surface area (Å²) >= 11 is 0. The van der Waals surface area contributed by atoms with Crippen molar-refractivity contribution in [2.24, 2.45) is 5.41 Å². The van der Waals surface area contributed by atoms with E-state index in [-0.39, 0.29) is 11.0 Å². The molecular weight excluding hydrogens is 266 g/mol. The average Bonchev–Trinajstić information content (AvgIpc) is 2.23. The van der Waals surface area contributed by atoms with Gasteiger partial charge in [0.2, 0.25) is 0 Å². The third-order valence-corrected chi connectivity index (χ3v) is 6.84. The van der Waals surface area contributed by atoms with Crippen LogP contribution in [0, 0.1) is 5.41 Å². The van der Waals surface area contributed by atoms with Gasteiger partial charge in [0.15, 0.2) is 8.32 Å². The van der Waals surface area contributed by atoms with Crippen molar-refractivity contribution in [1.29, 1.82) is 0 Å². The summed E-state index contributed by atoms with van der Waals surface area (Å²) < 4.78 is 12.2. The zero-order valence-corrected chi connectivity index (χ0v) is 15.6. The molecule has 4 heteroatoms. The first-order valence-electron chi connectivity index (χ1n) is 8.06. The minimum absolute atomic E-state index is 0.208. The Morgan fingerprint density at radius 3 is 2.50 bits per heavy atom. The van der Waals surface area contributed by atoms with Gasteiger partial charge in [0.25, 0.3) is 0 Å². The predicted octanol–water partition coefficient (Wildman–Crippen LogP) is 3.80. The summed E-state index contributed by atoms with van der Waals surface area (Å²) in [7, 11) is -1.55. The van der Waals surface area contributed by atoms with E-state index >= 15 is 0 Å². The van der Waals surface area contributed by atoms with Gasteiger partial charge in [-0.25, -0.2) is 0 Å². The van der Waals surface area contributed by atoms with Gasteiger partial charge in [-0.1, -0.05) is 13.8 Å². The van der Waals surface area contributed by atoms with E-state index in [0.29, 0.717) is 6.10 Å². The first-order valence-corrected chi connectivity index (χ1v) is 11.2. The van der Waals surface area contributed by atoms with Crippen LogP contribution in [0.1, 0.15) is 47.5 Å². The lowest BCUT2D eigenvalue weighted by Crippen LogP contribution is -2.49. The molecular formula is C16H35NO2Si. The summed E-state index contributed by atoms with van der Waals surface area (Å²) in [6.07, 6.45) is 2.64. The Kier molecular flexibility index (Phi) is 6.26. The lowest BCUT2D eigenvalue weighted by atomic mass is 9.90. The zero-order valence-electron chi connectivity index (χ0n) is 14.6. The van der Waals surface area contributed by atoms with Crippen LogP contribution in [0.3, 0.4) is 0 Å². The highest BCUT2D eigenvalue weighted by molar-refractivity contribution is 6.71. The van der Waals surface area contributed by atoms with Gasteiger partial charge in [-0.2, -0.15) is 0 Å². The monoisotopic (exact) mass is 301 g/mol. The third-order valence-electron chi connectivity index (χ3n) is 3.96. The van der Waals surface area contributed by atoms with Crippen molar-refractivity contribution >= 4 is 8.32 Å². The molecule has 1 N–H and O–H groups in total. The summed E-state index contributed by atoms with van der Waals surface area (Å²) in [5.74, 6) is 0. The molecule has 0 saturated carbocycles. The van der Waals surface area contributed by atoms with Crippen LogP contribution in [0.4, 0.5) is 0 Å². The molecule has 120 valence electrons. The first-order chi connectivity index (χ1) is 9.05. The van der Waals surface area contributed by atoms with Crippen LogP contribution in [-0.2, 0) is 9.16 Å². The van der Waals surface area contributed by atoms with Gasteiger partial charge < -0.3 is 14.5 Å². The Labute approximate surface area is 126 Å². The SMILES string of the molecule is CCO[Si](C)(C)CC(C)(C)COC1CCNC(C)(C)C1. The molecule has 0 aromatic rings. The minimum Gasteiger partial charge on any atom is -0.418 e. The van der Waals surface area contributed by atoms with E-state index in [1.807, 2.05) is 0 Å². The summed E-state index contributed by atoms with van der Waals surface area (Å²) in [4.78, 5) is 0. The molecule has 0 aromatic heterocycles. The summed E-state index contributed by atoms with van der Waals surface area (Å²) in [5, 5.41) is 3.55. The van der Waals surface area contributed by atoms with Gasteiger partial charge in [-0.15, -0.1) is 0 Å². The van der Waals surface area contributed by atoms with Crippen LogP contribution >= 0.6 is 0 Å². The van der Waals surface area contributed by atoms with E-state index in [1.165, 1.54) is 0 Å². The second-order valence-corrected chi connectivity index (χ2v) is 12.4. The molecule has 3 nitrogen and oxygen atoms in total. The molecule has 20 heavy (non-hydrogen) atoms. The molecule has 1 unspecified atom stereocenters. The minimum atomic E-state index is -1.55. The smallest absolute Gasteiger partial charge is 0.187 e. The van der Waals surface area contributed by atoms with Crippen molar-refractivity contribution in [2.75, 3.05) is 19.8 Å². The van der Waals surface area contributed by atoms with E-state index in [9.17, 15) is 0 Å². The molecule has 0 bridgehead atoms. The first kappa shape index (κ1) is 18.1. The Hall–Kier alpha value is 0.0969. The third kappa shape index (κ3) is 6.70. The van der Waals surface area contributed by atoms with E-state index < -0.39 is 8.32 Å². The van der Waals surface area contributed by atoms with E-state index in [4.69, 9.17) is 9.16 Å². The molecule has 1 fully saturated rings. The molecule has 1 aliphatic rings. The second kappa shape index (κ2) is 6.90. The average molecular weight is 302 g/mol. The summed E-state index contributed by atoms with van der Waals surface area (Å²) in [6.45, 7) is 18.6. The Balaban J connectivity index is 2.42. The highest BCUT2D eigenvalue weighted by Gasteiger charge is 2.34. The predicted molar refractivity (Wildman–Crippen MR) is 88.8 cm³/mol. The number of hydrogen-bond acceptors (Lipinski definition) is 3. The summed E-state index contributed by atoms with van der Waals surface area (Å²) in [6, 6.07) is 1.15. The van der Waals surface area contributed by atoms with Gasteiger partial charge in [0, 0.05) is 12.1 Å². The highest BCUT2D eigenvalue weighted by Crippen LogP contribution is 2.31. The summed E-state index contributed by atoms with van der Waals surface area (Å²) in [5.41, 5.74) is 0.423. The van der Waals surface area contributed by atoms with E-state index in [0.717, 1.165) is 38.6 Å². The van der Waals surface area contributed by atoms with Crippen molar-refractivity contribution < 1.29 is 9.16 Å². The Bertz CT molecular complexity index is 303. The number of piperidine rings is 1. The largest absolute Gasteiger partial charge is 0.418 e. The topological polar surface area (TPSA) is 30.5 Å². The molecule has 0 radical (unpaired) electrons. The fourth-order valence-corrected chi connectivity index (χ4v) is 6.74. The van der Waals surface area contributed by atoms with Crippen LogP contribution in [0.15, 0.2) is 0 Å². The Morgan fingerprint density at radius 2 is 1.95 bits per heavy atom. The van der Waals surface area contributed by atoms with Crippen LogP contribution in [-0.4, -0.2) is 39.7 Å². The van der Waals surface area contributed by atoms with Crippen molar-refractivity contribution in [1.82, 2.24) is 5.32 Å². The van der Waals surface area contributed by atoms with Crippen LogP contribution in [0.25, 0.3) is 0 Å². The van der Waals surface area contributed by atoms with Gasteiger partial charge >= 0.3 is 0 Å². The molecule has 1 aliphatic heterocycles. The fourth-order valence-electron chi connectivity index (χ4n) is 3.45. The number of nitrogens with one attached hydrogen (secondary N) is 1. The highest BCUT2D eigenvalue weighted by atomic mass is 28.4. The van der Waals surface area contributed by atoms with Crippen LogP contribution < -0.4 is 5.32 Å². The van der Waals surface area contributed by atoms with Gasteiger partial charge in [0.1, 0.15) is 0 Å². The maximum Gasteiger partial charge on any atom is 0.187 e. The van der Waals surface area contributed by atoms with Gasteiger partial charge in [0.05, 0.1) is 12.7 Å². The normalized spacial score (nSPS) is 23.9. The molecule has 1 saturated heterocycles. The van der Waals surface area contributed by atoms with Crippen LogP contribution in [0.2, 0.25) is 19.1 Å². The molecule has 0 aromatic carbocycles. The Morgan fingerprint density at radius 1 is 1.30 bits per heavy atom. The molecule has 1 rings (SSSR count). The molecule has 0 aliphatic carbocycles. The standard InChI is InChI=1S/C16H35NO2Si/c1-8-19-20(6,7)13-15(2,3)12-18-14-9-10-17-16(4,5)11-14/h14,17H,8-13H2,1-7H3. The van der Waals surface area contributed by atoms with Crippen molar-refractivity contribution in [2.45, 2.75) is 78.2 Å². The van der Waals surface area contributed by atoms with Gasteiger partial charge in [-0.3, -0.25) is 0 Å². The van der Waals surface area contributed by atoms with E-state index in [1.54, 1.807) is 0 Å². The van der Waals surface area contributed by atoms with Gasteiger partial charge in [-0.05, 0) is 64.7 Å². The molecule has 1 heterocycles. The van der Waals surface area contributed by atoms with Crippen molar-refractivity contribution in [3.63, 3.8) is 0 Å². The fraction of sp³-hybridized carbons (Fsp3) is 1.00. The quantitative estimate of drug-likeness (QED) is 0.726.